The Morgan fingerprint density at radius 1 is 1.48 bits per heavy atom. The predicted molar refractivity (Wildman–Crippen MR) is 76.5 cm³/mol. The van der Waals surface area contributed by atoms with Crippen molar-refractivity contribution in [3.8, 4) is 0 Å². The van der Waals surface area contributed by atoms with E-state index in [9.17, 15) is 19.5 Å². The molecule has 1 aliphatic heterocycles. The standard InChI is InChI=1S/C15H24N2O4/c1-3-17-9-11(7-12(17)18)13(19)16-15(14(20)21)6-4-5-10(2)8-15/h10-11H,3-9H2,1-2H3,(H,16,19)(H,20,21). The zero-order valence-corrected chi connectivity index (χ0v) is 12.7. The molecule has 1 saturated carbocycles. The maximum absolute atomic E-state index is 12.4. The molecule has 0 bridgehead atoms. The molecule has 1 heterocycles. The maximum Gasteiger partial charge on any atom is 0.329 e. The quantitative estimate of drug-likeness (QED) is 0.810. The smallest absolute Gasteiger partial charge is 0.329 e. The lowest BCUT2D eigenvalue weighted by Crippen LogP contribution is -2.58. The molecular weight excluding hydrogens is 272 g/mol. The monoisotopic (exact) mass is 296 g/mol. The highest BCUT2D eigenvalue weighted by atomic mass is 16.4. The van der Waals surface area contributed by atoms with E-state index in [4.69, 9.17) is 0 Å². The van der Waals surface area contributed by atoms with E-state index in [1.165, 1.54) is 0 Å². The number of amides is 2. The highest BCUT2D eigenvalue weighted by Crippen LogP contribution is 2.33. The van der Waals surface area contributed by atoms with Gasteiger partial charge in [-0.25, -0.2) is 4.79 Å². The average Bonchev–Trinajstić information content (AvgIpc) is 2.80. The highest BCUT2D eigenvalue weighted by Gasteiger charge is 2.45. The Bertz CT molecular complexity index is 451. The molecule has 6 nitrogen and oxygen atoms in total. The van der Waals surface area contributed by atoms with Crippen LogP contribution in [0.1, 0.15) is 46.0 Å². The highest BCUT2D eigenvalue weighted by molar-refractivity contribution is 5.92. The summed E-state index contributed by atoms with van der Waals surface area (Å²) in [6, 6.07) is 0. The van der Waals surface area contributed by atoms with Crippen LogP contribution >= 0.6 is 0 Å². The summed E-state index contributed by atoms with van der Waals surface area (Å²) in [5.41, 5.74) is -1.16. The lowest BCUT2D eigenvalue weighted by molar-refractivity contribution is -0.150. The molecule has 0 spiro atoms. The molecule has 0 aromatic carbocycles. The van der Waals surface area contributed by atoms with Gasteiger partial charge in [0.2, 0.25) is 11.8 Å². The van der Waals surface area contributed by atoms with Gasteiger partial charge in [-0.05, 0) is 25.7 Å². The molecule has 118 valence electrons. The van der Waals surface area contributed by atoms with E-state index in [2.05, 4.69) is 5.32 Å². The van der Waals surface area contributed by atoms with Crippen molar-refractivity contribution < 1.29 is 19.5 Å². The molecule has 1 saturated heterocycles. The van der Waals surface area contributed by atoms with Gasteiger partial charge in [0.1, 0.15) is 5.54 Å². The van der Waals surface area contributed by atoms with Crippen molar-refractivity contribution in [3.05, 3.63) is 0 Å². The van der Waals surface area contributed by atoms with Crippen LogP contribution in [0.3, 0.4) is 0 Å². The number of carboxylic acid groups (broad SMARTS) is 1. The Hall–Kier alpha value is -1.59. The Balaban J connectivity index is 2.06. The van der Waals surface area contributed by atoms with Crippen LogP contribution < -0.4 is 5.32 Å². The van der Waals surface area contributed by atoms with Gasteiger partial charge >= 0.3 is 5.97 Å². The lowest BCUT2D eigenvalue weighted by atomic mass is 9.76. The molecule has 3 unspecified atom stereocenters. The number of nitrogens with one attached hydrogen (secondary N) is 1. The van der Waals surface area contributed by atoms with Crippen LogP contribution in [0, 0.1) is 11.8 Å². The first-order valence-electron chi connectivity index (χ1n) is 7.71. The Labute approximate surface area is 124 Å². The Morgan fingerprint density at radius 3 is 2.71 bits per heavy atom. The molecule has 0 aromatic heterocycles. The van der Waals surface area contributed by atoms with Gasteiger partial charge in [0.15, 0.2) is 0 Å². The minimum Gasteiger partial charge on any atom is -0.480 e. The Morgan fingerprint density at radius 2 is 2.19 bits per heavy atom. The van der Waals surface area contributed by atoms with Crippen molar-refractivity contribution in [1.82, 2.24) is 10.2 Å². The molecule has 2 N–H and O–H groups in total. The number of carboxylic acids is 1. The van der Waals surface area contributed by atoms with E-state index in [-0.39, 0.29) is 24.2 Å². The number of carbonyl (C=O) groups excluding carboxylic acids is 2. The fourth-order valence-corrected chi connectivity index (χ4v) is 3.50. The second kappa shape index (κ2) is 6.03. The van der Waals surface area contributed by atoms with Crippen molar-refractivity contribution in [2.24, 2.45) is 11.8 Å². The van der Waals surface area contributed by atoms with Crippen LogP contribution in [0.25, 0.3) is 0 Å². The van der Waals surface area contributed by atoms with Crippen molar-refractivity contribution in [2.45, 2.75) is 51.5 Å². The number of rotatable bonds is 4. The summed E-state index contributed by atoms with van der Waals surface area (Å²) in [6.07, 6.45) is 2.92. The second-order valence-electron chi connectivity index (χ2n) is 6.41. The van der Waals surface area contributed by atoms with Gasteiger partial charge in [-0.15, -0.1) is 0 Å². The second-order valence-corrected chi connectivity index (χ2v) is 6.41. The number of nitrogens with zero attached hydrogens (tertiary/aromatic N) is 1. The SMILES string of the molecule is CCN1CC(C(=O)NC2(C(=O)O)CCCC(C)C2)CC1=O. The van der Waals surface area contributed by atoms with Crippen molar-refractivity contribution in [3.63, 3.8) is 0 Å². The zero-order chi connectivity index (χ0) is 15.6. The first-order valence-corrected chi connectivity index (χ1v) is 7.71. The van der Waals surface area contributed by atoms with E-state index in [0.717, 1.165) is 12.8 Å². The molecule has 0 radical (unpaired) electrons. The summed E-state index contributed by atoms with van der Waals surface area (Å²) in [6.45, 7) is 4.87. The average molecular weight is 296 g/mol. The third-order valence-corrected chi connectivity index (χ3v) is 4.74. The van der Waals surface area contributed by atoms with Gasteiger partial charge in [0, 0.05) is 19.5 Å². The normalized spacial score (nSPS) is 33.0. The van der Waals surface area contributed by atoms with Crippen molar-refractivity contribution in [2.75, 3.05) is 13.1 Å². The number of aliphatic carboxylic acids is 1. The van der Waals surface area contributed by atoms with Gasteiger partial charge in [0.25, 0.3) is 0 Å². The van der Waals surface area contributed by atoms with Gasteiger partial charge < -0.3 is 15.3 Å². The summed E-state index contributed by atoms with van der Waals surface area (Å²) in [5, 5.41) is 12.3. The largest absolute Gasteiger partial charge is 0.480 e. The molecule has 6 heteroatoms. The first kappa shape index (κ1) is 15.8. The third kappa shape index (κ3) is 3.19. The fourth-order valence-electron chi connectivity index (χ4n) is 3.50. The van der Waals surface area contributed by atoms with E-state index in [1.807, 2.05) is 13.8 Å². The van der Waals surface area contributed by atoms with Gasteiger partial charge in [0.05, 0.1) is 5.92 Å². The van der Waals surface area contributed by atoms with Crippen molar-refractivity contribution >= 4 is 17.8 Å². The topological polar surface area (TPSA) is 86.7 Å². The van der Waals surface area contributed by atoms with Gasteiger partial charge in [-0.2, -0.15) is 0 Å². The van der Waals surface area contributed by atoms with Crippen LogP contribution in [0.15, 0.2) is 0 Å². The number of hydrogen-bond acceptors (Lipinski definition) is 3. The Kier molecular flexibility index (Phi) is 4.54. The predicted octanol–water partition coefficient (Wildman–Crippen LogP) is 1.00. The van der Waals surface area contributed by atoms with Crippen LogP contribution in [-0.4, -0.2) is 46.4 Å². The summed E-state index contributed by atoms with van der Waals surface area (Å²) in [5.74, 6) is -1.42. The third-order valence-electron chi connectivity index (χ3n) is 4.74. The van der Waals surface area contributed by atoms with Crippen LogP contribution in [0.2, 0.25) is 0 Å². The van der Waals surface area contributed by atoms with Gasteiger partial charge in [-0.3, -0.25) is 9.59 Å². The molecule has 3 atom stereocenters. The molecule has 1 aliphatic carbocycles. The molecule has 0 aromatic rings. The lowest BCUT2D eigenvalue weighted by Gasteiger charge is -2.37. The molecule has 2 fully saturated rings. The molecule has 2 amide bonds. The fraction of sp³-hybridized carbons (Fsp3) is 0.800. The van der Waals surface area contributed by atoms with E-state index in [0.29, 0.717) is 25.9 Å². The van der Waals surface area contributed by atoms with Crippen LogP contribution in [0.5, 0.6) is 0 Å². The summed E-state index contributed by atoms with van der Waals surface area (Å²) < 4.78 is 0. The molecule has 21 heavy (non-hydrogen) atoms. The molecule has 2 aliphatic rings. The minimum absolute atomic E-state index is 0.0287. The van der Waals surface area contributed by atoms with E-state index >= 15 is 0 Å². The van der Waals surface area contributed by atoms with E-state index in [1.54, 1.807) is 4.90 Å². The van der Waals surface area contributed by atoms with Crippen LogP contribution in [-0.2, 0) is 14.4 Å². The first-order chi connectivity index (χ1) is 9.88. The van der Waals surface area contributed by atoms with Crippen LogP contribution in [0.4, 0.5) is 0 Å². The zero-order valence-electron chi connectivity index (χ0n) is 12.7. The number of likely N-dealkylation sites (tertiary alicyclic amines) is 1. The molecular formula is C15H24N2O4. The summed E-state index contributed by atoms with van der Waals surface area (Å²) in [7, 11) is 0. The minimum atomic E-state index is -1.16. The maximum atomic E-state index is 12.4. The van der Waals surface area contributed by atoms with Crippen molar-refractivity contribution in [1.29, 1.82) is 0 Å². The number of carbonyl (C=O) groups is 3. The number of hydrogen-bond donors (Lipinski definition) is 2. The summed E-state index contributed by atoms with van der Waals surface area (Å²) >= 11 is 0. The summed E-state index contributed by atoms with van der Waals surface area (Å²) in [4.78, 5) is 37.4. The molecule has 2 rings (SSSR count). The van der Waals surface area contributed by atoms with E-state index < -0.39 is 17.4 Å². The van der Waals surface area contributed by atoms with Gasteiger partial charge in [-0.1, -0.05) is 19.8 Å².